The summed E-state index contributed by atoms with van der Waals surface area (Å²) in [6, 6.07) is 9.24. The lowest BCUT2D eigenvalue weighted by Crippen LogP contribution is -2.25. The number of thiophene rings is 1. The summed E-state index contributed by atoms with van der Waals surface area (Å²) in [7, 11) is 1.51. The number of nitrogens with zero attached hydrogens (tertiary/aromatic N) is 2. The Morgan fingerprint density at radius 1 is 1.44 bits per heavy atom. The lowest BCUT2D eigenvalue weighted by atomic mass is 9.87. The molecule has 0 unspecified atom stereocenters. The number of methoxy groups -OCH3 is 1. The van der Waals surface area contributed by atoms with Crippen LogP contribution < -0.4 is 10.1 Å². The first kappa shape index (κ1) is 15.7. The molecule has 0 fully saturated rings. The first-order valence-corrected chi connectivity index (χ1v) is 8.78. The number of ether oxygens (including phenoxy) is 1. The van der Waals surface area contributed by atoms with Crippen molar-refractivity contribution in [3.8, 4) is 11.5 Å². The average Bonchev–Trinajstić information content (AvgIpc) is 3.26. The van der Waals surface area contributed by atoms with E-state index in [1.165, 1.54) is 12.0 Å². The van der Waals surface area contributed by atoms with E-state index >= 15 is 0 Å². The molecule has 0 saturated heterocycles. The normalized spacial score (nSPS) is 16.4. The number of nitrogens with one attached hydrogen (secondary N) is 1. The zero-order valence-corrected chi connectivity index (χ0v) is 14.4. The van der Waals surface area contributed by atoms with Crippen molar-refractivity contribution in [3.63, 3.8) is 0 Å². The number of hydrogen-bond donors (Lipinski definition) is 2. The van der Waals surface area contributed by atoms with E-state index < -0.39 is 0 Å². The predicted octanol–water partition coefficient (Wildman–Crippen LogP) is 3.18. The molecule has 1 atom stereocenters. The Morgan fingerprint density at radius 2 is 2.32 bits per heavy atom. The third kappa shape index (κ3) is 2.87. The smallest absolute Gasteiger partial charge is 0.226 e. The fourth-order valence-corrected chi connectivity index (χ4v) is 3.83. The van der Waals surface area contributed by atoms with Crippen LogP contribution in [0.3, 0.4) is 0 Å². The number of phenols is 1. The molecule has 0 aliphatic carbocycles. The van der Waals surface area contributed by atoms with E-state index in [0.29, 0.717) is 18.7 Å². The Kier molecular flexibility index (Phi) is 3.93. The summed E-state index contributed by atoms with van der Waals surface area (Å²) < 4.78 is 7.02. The van der Waals surface area contributed by atoms with Crippen molar-refractivity contribution < 1.29 is 14.6 Å². The van der Waals surface area contributed by atoms with Crippen molar-refractivity contribution in [1.29, 1.82) is 0 Å². The van der Waals surface area contributed by atoms with Gasteiger partial charge in [-0.05, 0) is 29.1 Å². The first-order valence-electron chi connectivity index (χ1n) is 7.90. The van der Waals surface area contributed by atoms with Gasteiger partial charge in [0.25, 0.3) is 0 Å². The van der Waals surface area contributed by atoms with Crippen LogP contribution >= 0.6 is 11.3 Å². The van der Waals surface area contributed by atoms with E-state index in [4.69, 9.17) is 4.74 Å². The lowest BCUT2D eigenvalue weighted by molar-refractivity contribution is -0.116. The van der Waals surface area contributed by atoms with Crippen LogP contribution in [0.2, 0.25) is 0 Å². The zero-order chi connectivity index (χ0) is 17.4. The molecule has 128 valence electrons. The lowest BCUT2D eigenvalue weighted by Gasteiger charge is -2.24. The SMILES string of the molecule is COc1cc([C@@H]2CC(=O)Nc3c2cnn3Cc2cccs2)ccc1O. The second-order valence-corrected chi connectivity index (χ2v) is 6.95. The van der Waals surface area contributed by atoms with Gasteiger partial charge >= 0.3 is 0 Å². The van der Waals surface area contributed by atoms with E-state index in [1.807, 2.05) is 34.5 Å². The molecule has 1 aliphatic heterocycles. The van der Waals surface area contributed by atoms with E-state index in [0.717, 1.165) is 16.9 Å². The van der Waals surface area contributed by atoms with Crippen LogP contribution in [-0.4, -0.2) is 27.9 Å². The molecule has 1 aliphatic rings. The minimum Gasteiger partial charge on any atom is -0.504 e. The van der Waals surface area contributed by atoms with Gasteiger partial charge in [-0.2, -0.15) is 5.10 Å². The van der Waals surface area contributed by atoms with Crippen molar-refractivity contribution in [1.82, 2.24) is 9.78 Å². The van der Waals surface area contributed by atoms with Crippen molar-refractivity contribution in [3.05, 3.63) is 57.9 Å². The molecule has 25 heavy (non-hydrogen) atoms. The Hall–Kier alpha value is -2.80. The maximum Gasteiger partial charge on any atom is 0.226 e. The van der Waals surface area contributed by atoms with Crippen LogP contribution in [0.25, 0.3) is 0 Å². The summed E-state index contributed by atoms with van der Waals surface area (Å²) in [6.07, 6.45) is 2.15. The van der Waals surface area contributed by atoms with E-state index in [2.05, 4.69) is 10.4 Å². The van der Waals surface area contributed by atoms with Crippen LogP contribution in [0.4, 0.5) is 5.82 Å². The highest BCUT2D eigenvalue weighted by atomic mass is 32.1. The van der Waals surface area contributed by atoms with Gasteiger partial charge in [-0.25, -0.2) is 4.68 Å². The number of phenolic OH excluding ortho intramolecular Hbond substituents is 1. The van der Waals surface area contributed by atoms with Crippen LogP contribution in [-0.2, 0) is 11.3 Å². The maximum absolute atomic E-state index is 12.3. The topological polar surface area (TPSA) is 76.4 Å². The number of carbonyl (C=O) groups excluding carboxylic acids is 1. The van der Waals surface area contributed by atoms with Gasteiger partial charge in [-0.1, -0.05) is 12.1 Å². The molecule has 0 bridgehead atoms. The molecule has 0 saturated carbocycles. The summed E-state index contributed by atoms with van der Waals surface area (Å²) in [5.41, 5.74) is 1.89. The number of amides is 1. The van der Waals surface area contributed by atoms with Crippen LogP contribution in [0.5, 0.6) is 11.5 Å². The number of aromatic nitrogens is 2. The molecular weight excluding hydrogens is 338 g/mol. The Balaban J connectivity index is 1.73. The quantitative estimate of drug-likeness (QED) is 0.754. The summed E-state index contributed by atoms with van der Waals surface area (Å²) in [5, 5.41) is 19.2. The van der Waals surface area contributed by atoms with E-state index in [1.54, 1.807) is 23.5 Å². The summed E-state index contributed by atoms with van der Waals surface area (Å²) >= 11 is 1.66. The van der Waals surface area contributed by atoms with E-state index in [9.17, 15) is 9.90 Å². The maximum atomic E-state index is 12.3. The number of anilines is 1. The highest BCUT2D eigenvalue weighted by Crippen LogP contribution is 2.40. The van der Waals surface area contributed by atoms with Gasteiger partial charge in [0.2, 0.25) is 5.91 Å². The average molecular weight is 355 g/mol. The molecule has 6 nitrogen and oxygen atoms in total. The Labute approximate surface area is 148 Å². The highest BCUT2D eigenvalue weighted by molar-refractivity contribution is 7.09. The number of hydrogen-bond acceptors (Lipinski definition) is 5. The molecule has 3 aromatic rings. The molecule has 0 radical (unpaired) electrons. The standard InChI is InChI=1S/C18H17N3O3S/c1-24-16-7-11(4-5-15(16)22)13-8-17(23)20-18-14(13)9-19-21(18)10-12-3-2-6-25-12/h2-7,9,13,22H,8,10H2,1H3,(H,20,23)/t13-/m0/s1. The fourth-order valence-electron chi connectivity index (χ4n) is 3.15. The van der Waals surface area contributed by atoms with Gasteiger partial charge in [-0.3, -0.25) is 4.79 Å². The Bertz CT molecular complexity index is 918. The molecule has 0 spiro atoms. The van der Waals surface area contributed by atoms with Gasteiger partial charge in [0.05, 0.1) is 19.9 Å². The van der Waals surface area contributed by atoms with Crippen LogP contribution in [0.1, 0.15) is 28.3 Å². The third-order valence-electron chi connectivity index (χ3n) is 4.38. The monoisotopic (exact) mass is 355 g/mol. The number of aromatic hydroxyl groups is 1. The molecular formula is C18H17N3O3S. The number of benzene rings is 1. The summed E-state index contributed by atoms with van der Waals surface area (Å²) in [6.45, 7) is 0.624. The molecule has 3 heterocycles. The summed E-state index contributed by atoms with van der Waals surface area (Å²) in [4.78, 5) is 13.4. The second-order valence-electron chi connectivity index (χ2n) is 5.92. The Morgan fingerprint density at radius 3 is 3.08 bits per heavy atom. The first-order chi connectivity index (χ1) is 12.2. The van der Waals surface area contributed by atoms with Crippen molar-refractivity contribution in [2.75, 3.05) is 12.4 Å². The van der Waals surface area contributed by atoms with Crippen molar-refractivity contribution >= 4 is 23.1 Å². The number of rotatable bonds is 4. The van der Waals surface area contributed by atoms with Crippen molar-refractivity contribution in [2.24, 2.45) is 0 Å². The molecule has 2 aromatic heterocycles. The second kappa shape index (κ2) is 6.25. The van der Waals surface area contributed by atoms with Crippen molar-refractivity contribution in [2.45, 2.75) is 18.9 Å². The van der Waals surface area contributed by atoms with Gasteiger partial charge in [0.15, 0.2) is 11.5 Å². The fraction of sp³-hybridized carbons (Fsp3) is 0.222. The van der Waals surface area contributed by atoms with Gasteiger partial charge in [0, 0.05) is 22.8 Å². The van der Waals surface area contributed by atoms with Gasteiger partial charge < -0.3 is 15.2 Å². The number of fused-ring (bicyclic) bond motifs is 1. The number of carbonyl (C=O) groups is 1. The molecule has 4 rings (SSSR count). The van der Waals surface area contributed by atoms with Gasteiger partial charge in [-0.15, -0.1) is 11.3 Å². The largest absolute Gasteiger partial charge is 0.504 e. The molecule has 7 heteroatoms. The third-order valence-corrected chi connectivity index (χ3v) is 5.24. The summed E-state index contributed by atoms with van der Waals surface area (Å²) in [5.74, 6) is 1.06. The van der Waals surface area contributed by atoms with Crippen LogP contribution in [0, 0.1) is 0 Å². The molecule has 1 aromatic carbocycles. The van der Waals surface area contributed by atoms with E-state index in [-0.39, 0.29) is 17.6 Å². The highest BCUT2D eigenvalue weighted by Gasteiger charge is 2.30. The predicted molar refractivity (Wildman–Crippen MR) is 95.4 cm³/mol. The minimum absolute atomic E-state index is 0.0440. The molecule has 1 amide bonds. The van der Waals surface area contributed by atoms with Crippen LogP contribution in [0.15, 0.2) is 41.9 Å². The minimum atomic E-state index is -0.115. The van der Waals surface area contributed by atoms with Gasteiger partial charge in [0.1, 0.15) is 5.82 Å². The zero-order valence-electron chi connectivity index (χ0n) is 13.6. The molecule has 2 N–H and O–H groups in total.